The third kappa shape index (κ3) is 8.56. The summed E-state index contributed by atoms with van der Waals surface area (Å²) in [7, 11) is -3.39. The summed E-state index contributed by atoms with van der Waals surface area (Å²) in [6, 6.07) is 6.96. The lowest BCUT2D eigenvalue weighted by Gasteiger charge is -2.17. The number of hydroxylamine groups is 1. The van der Waals surface area contributed by atoms with Crippen LogP contribution >= 0.6 is 0 Å². The van der Waals surface area contributed by atoms with Gasteiger partial charge < -0.3 is 5.32 Å². The van der Waals surface area contributed by atoms with E-state index in [0.717, 1.165) is 5.56 Å². The number of aromatic nitrogens is 3. The van der Waals surface area contributed by atoms with E-state index in [1.54, 1.807) is 34.4 Å². The first-order valence-electron chi connectivity index (χ1n) is 10.7. The summed E-state index contributed by atoms with van der Waals surface area (Å²) in [5.41, 5.74) is 3.52. The topological polar surface area (TPSA) is 155 Å². The van der Waals surface area contributed by atoms with Crippen molar-refractivity contribution in [2.24, 2.45) is 17.8 Å². The molecule has 1 heterocycles. The van der Waals surface area contributed by atoms with E-state index >= 15 is 0 Å². The van der Waals surface area contributed by atoms with E-state index in [0.29, 0.717) is 24.3 Å². The van der Waals surface area contributed by atoms with Gasteiger partial charge in [-0.15, -0.1) is 5.10 Å². The third-order valence-electron chi connectivity index (χ3n) is 4.73. The molecule has 4 N–H and O–H groups in total. The molecule has 0 spiro atoms. The van der Waals surface area contributed by atoms with Gasteiger partial charge in [0.1, 0.15) is 5.92 Å². The summed E-state index contributed by atoms with van der Waals surface area (Å²) in [6.45, 7) is 7.88. The zero-order chi connectivity index (χ0) is 24.6. The molecule has 0 bridgehead atoms. The predicted molar refractivity (Wildman–Crippen MR) is 123 cm³/mol. The van der Waals surface area contributed by atoms with Gasteiger partial charge in [-0.1, -0.05) is 45.0 Å². The maximum Gasteiger partial charge on any atom is 0.255 e. The minimum Gasteiger partial charge on any atom is -0.325 e. The van der Waals surface area contributed by atoms with Gasteiger partial charge in [0.05, 0.1) is 30.7 Å². The monoisotopic (exact) mass is 480 g/mol. The van der Waals surface area contributed by atoms with Crippen molar-refractivity contribution in [1.29, 1.82) is 0 Å². The number of sulfonamides is 1. The van der Waals surface area contributed by atoms with Crippen molar-refractivity contribution in [2.75, 3.05) is 11.1 Å². The second-order valence-electron chi connectivity index (χ2n) is 8.72. The molecule has 182 valence electrons. The van der Waals surface area contributed by atoms with E-state index < -0.39 is 27.8 Å². The average molecular weight is 481 g/mol. The van der Waals surface area contributed by atoms with Gasteiger partial charge in [0.15, 0.2) is 0 Å². The molecule has 12 heteroatoms. The van der Waals surface area contributed by atoms with Crippen molar-refractivity contribution in [2.45, 2.75) is 47.2 Å². The van der Waals surface area contributed by atoms with Crippen LogP contribution in [0.2, 0.25) is 0 Å². The number of nitrogens with zero attached hydrogens (tertiary/aromatic N) is 3. The Kier molecular flexibility index (Phi) is 9.50. The molecule has 0 fully saturated rings. The minimum absolute atomic E-state index is 0.0169. The van der Waals surface area contributed by atoms with Crippen LogP contribution in [0.25, 0.3) is 0 Å². The van der Waals surface area contributed by atoms with E-state index in [2.05, 4.69) is 20.4 Å². The molecule has 1 unspecified atom stereocenters. The fourth-order valence-corrected chi connectivity index (χ4v) is 4.57. The zero-order valence-corrected chi connectivity index (χ0v) is 20.1. The normalized spacial score (nSPS) is 12.7. The molecular formula is C21H32N6O5S. The van der Waals surface area contributed by atoms with E-state index in [1.807, 2.05) is 27.7 Å². The molecule has 0 aliphatic carbocycles. The molecule has 1 atom stereocenters. The summed E-state index contributed by atoms with van der Waals surface area (Å²) < 4.78 is 28.3. The standard InChI is InChI=1S/C21H32N6O5S/c1-14(2)9-19(21(29)25-30)20(28)24-17-7-5-16(6-8-17)12-27-18(10-22-26-27)11-23-33(31,32)13-15(3)4/h5-8,10,14-15,19,23,30H,9,11-13H2,1-4H3,(H,24,28)(H,25,29). The molecule has 0 saturated carbocycles. The van der Waals surface area contributed by atoms with Gasteiger partial charge in [-0.2, -0.15) is 0 Å². The fraction of sp³-hybridized carbons (Fsp3) is 0.524. The minimum atomic E-state index is -3.39. The van der Waals surface area contributed by atoms with Crippen LogP contribution in [0.5, 0.6) is 0 Å². The summed E-state index contributed by atoms with van der Waals surface area (Å²) in [6.07, 6.45) is 1.81. The van der Waals surface area contributed by atoms with E-state index in [9.17, 15) is 18.0 Å². The summed E-state index contributed by atoms with van der Waals surface area (Å²) in [5.74, 6) is -2.11. The van der Waals surface area contributed by atoms with Crippen LogP contribution in [0.4, 0.5) is 5.69 Å². The Bertz CT molecular complexity index is 1030. The van der Waals surface area contributed by atoms with Crippen LogP contribution in [0.3, 0.4) is 0 Å². The molecule has 33 heavy (non-hydrogen) atoms. The van der Waals surface area contributed by atoms with Gasteiger partial charge in [0.2, 0.25) is 15.9 Å². The van der Waals surface area contributed by atoms with E-state index in [4.69, 9.17) is 5.21 Å². The number of benzene rings is 1. The van der Waals surface area contributed by atoms with Crippen molar-refractivity contribution in [3.8, 4) is 0 Å². The summed E-state index contributed by atoms with van der Waals surface area (Å²) >= 11 is 0. The van der Waals surface area contributed by atoms with Crippen molar-refractivity contribution >= 4 is 27.5 Å². The highest BCUT2D eigenvalue weighted by molar-refractivity contribution is 7.89. The fourth-order valence-electron chi connectivity index (χ4n) is 3.21. The highest BCUT2D eigenvalue weighted by Gasteiger charge is 2.27. The van der Waals surface area contributed by atoms with E-state index in [-0.39, 0.29) is 24.1 Å². The number of hydrogen-bond acceptors (Lipinski definition) is 7. The molecule has 11 nitrogen and oxygen atoms in total. The van der Waals surface area contributed by atoms with Crippen LogP contribution in [0, 0.1) is 17.8 Å². The van der Waals surface area contributed by atoms with Gasteiger partial charge in [-0.05, 0) is 36.0 Å². The number of carbonyl (C=O) groups excluding carboxylic acids is 2. The van der Waals surface area contributed by atoms with Crippen LogP contribution in [0.15, 0.2) is 30.5 Å². The zero-order valence-electron chi connectivity index (χ0n) is 19.3. The number of nitrogens with one attached hydrogen (secondary N) is 3. The molecule has 0 saturated heterocycles. The molecule has 2 rings (SSSR count). The first-order chi connectivity index (χ1) is 15.5. The molecule has 0 aliphatic heterocycles. The Morgan fingerprint density at radius 1 is 1.06 bits per heavy atom. The van der Waals surface area contributed by atoms with Gasteiger partial charge in [0.25, 0.3) is 5.91 Å². The lowest BCUT2D eigenvalue weighted by Crippen LogP contribution is -2.37. The lowest BCUT2D eigenvalue weighted by molar-refractivity contribution is -0.139. The van der Waals surface area contributed by atoms with Crippen LogP contribution in [0.1, 0.15) is 45.4 Å². The van der Waals surface area contributed by atoms with E-state index in [1.165, 1.54) is 6.20 Å². The number of carbonyl (C=O) groups is 2. The van der Waals surface area contributed by atoms with Gasteiger partial charge in [-0.25, -0.2) is 23.3 Å². The first-order valence-corrected chi connectivity index (χ1v) is 12.3. The van der Waals surface area contributed by atoms with Gasteiger partial charge in [-0.3, -0.25) is 14.8 Å². The molecular weight excluding hydrogens is 448 g/mol. The number of rotatable bonds is 12. The molecule has 2 amide bonds. The highest BCUT2D eigenvalue weighted by Crippen LogP contribution is 2.17. The molecule has 0 radical (unpaired) electrons. The van der Waals surface area contributed by atoms with Crippen molar-refractivity contribution in [3.05, 3.63) is 41.7 Å². The molecule has 0 aliphatic rings. The average Bonchev–Trinajstić information content (AvgIpc) is 3.17. The molecule has 1 aromatic carbocycles. The maximum absolute atomic E-state index is 12.5. The third-order valence-corrected chi connectivity index (χ3v) is 6.42. The Morgan fingerprint density at radius 3 is 2.30 bits per heavy atom. The molecule has 1 aromatic heterocycles. The summed E-state index contributed by atoms with van der Waals surface area (Å²) in [4.78, 5) is 24.3. The SMILES string of the molecule is CC(C)CC(C(=O)NO)C(=O)Nc1ccc(Cn2nncc2CNS(=O)(=O)CC(C)C)cc1. The van der Waals surface area contributed by atoms with Crippen LogP contribution < -0.4 is 15.5 Å². The second-order valence-corrected chi connectivity index (χ2v) is 10.6. The van der Waals surface area contributed by atoms with Crippen LogP contribution in [-0.4, -0.2) is 46.2 Å². The van der Waals surface area contributed by atoms with Crippen molar-refractivity contribution in [1.82, 2.24) is 25.2 Å². The number of anilines is 1. The first kappa shape index (κ1) is 26.4. The smallest absolute Gasteiger partial charge is 0.255 e. The number of amides is 2. The Morgan fingerprint density at radius 2 is 1.73 bits per heavy atom. The largest absolute Gasteiger partial charge is 0.325 e. The van der Waals surface area contributed by atoms with Gasteiger partial charge >= 0.3 is 0 Å². The highest BCUT2D eigenvalue weighted by atomic mass is 32.2. The van der Waals surface area contributed by atoms with Crippen molar-refractivity contribution in [3.63, 3.8) is 0 Å². The second kappa shape index (κ2) is 11.9. The summed E-state index contributed by atoms with van der Waals surface area (Å²) in [5, 5.41) is 19.5. The maximum atomic E-state index is 12.5. The predicted octanol–water partition coefficient (Wildman–Crippen LogP) is 1.51. The molecule has 2 aromatic rings. The van der Waals surface area contributed by atoms with Crippen molar-refractivity contribution < 1.29 is 23.2 Å². The lowest BCUT2D eigenvalue weighted by atomic mass is 9.95. The van der Waals surface area contributed by atoms with Crippen LogP contribution in [-0.2, 0) is 32.7 Å². The van der Waals surface area contributed by atoms with Gasteiger partial charge in [0, 0.05) is 5.69 Å². The Labute approximate surface area is 194 Å². The Hall–Kier alpha value is -2.83. The Balaban J connectivity index is 2.01. The quantitative estimate of drug-likeness (QED) is 0.204. The number of hydrogen-bond donors (Lipinski definition) is 4.